The van der Waals surface area contributed by atoms with Crippen molar-refractivity contribution in [3.05, 3.63) is 59.9 Å². The molecule has 7 heteroatoms. The Balaban J connectivity index is 1.50. The Morgan fingerprint density at radius 1 is 1.06 bits per heavy atom. The van der Waals surface area contributed by atoms with E-state index < -0.39 is 0 Å². The van der Waals surface area contributed by atoms with Crippen LogP contribution in [0.15, 0.2) is 53.5 Å². The van der Waals surface area contributed by atoms with E-state index in [9.17, 15) is 4.79 Å². The molecular formula is C25H34N6O. The number of carbonyl (C=O) groups is 1. The molecule has 1 amide bonds. The zero-order chi connectivity index (χ0) is 22.8. The summed E-state index contributed by atoms with van der Waals surface area (Å²) in [4.78, 5) is 21.0. The molecule has 1 aromatic heterocycles. The largest absolute Gasteiger partial charge is 0.357 e. The van der Waals surface area contributed by atoms with E-state index in [1.807, 2.05) is 37.3 Å². The lowest BCUT2D eigenvalue weighted by molar-refractivity contribution is -0.116. The van der Waals surface area contributed by atoms with Gasteiger partial charge >= 0.3 is 0 Å². The fourth-order valence-corrected chi connectivity index (χ4v) is 3.58. The molecule has 1 heterocycles. The van der Waals surface area contributed by atoms with E-state index in [4.69, 9.17) is 4.99 Å². The molecule has 0 bridgehead atoms. The van der Waals surface area contributed by atoms with E-state index in [1.54, 1.807) is 0 Å². The Bertz CT molecular complexity index is 1040. The van der Waals surface area contributed by atoms with Crippen molar-refractivity contribution in [1.29, 1.82) is 0 Å². The Labute approximate surface area is 190 Å². The highest BCUT2D eigenvalue weighted by molar-refractivity contribution is 5.90. The van der Waals surface area contributed by atoms with Gasteiger partial charge in [-0.25, -0.2) is 9.98 Å². The van der Waals surface area contributed by atoms with E-state index >= 15 is 0 Å². The average molecular weight is 435 g/mol. The molecule has 3 aromatic rings. The van der Waals surface area contributed by atoms with Crippen LogP contribution in [0.2, 0.25) is 0 Å². The summed E-state index contributed by atoms with van der Waals surface area (Å²) in [6, 6.07) is 16.1. The van der Waals surface area contributed by atoms with E-state index in [0.717, 1.165) is 61.0 Å². The molecule has 0 aliphatic heterocycles. The molecule has 170 valence electrons. The molecule has 3 N–H and O–H groups in total. The third kappa shape index (κ3) is 6.57. The molecule has 0 unspecified atom stereocenters. The normalized spacial score (nSPS) is 11.5. The van der Waals surface area contributed by atoms with Crippen molar-refractivity contribution in [2.24, 2.45) is 4.99 Å². The first-order chi connectivity index (χ1) is 15.6. The molecule has 0 radical (unpaired) electrons. The van der Waals surface area contributed by atoms with Crippen molar-refractivity contribution in [3.63, 3.8) is 0 Å². The van der Waals surface area contributed by atoms with Crippen LogP contribution in [0.4, 0.5) is 5.69 Å². The van der Waals surface area contributed by atoms with Crippen LogP contribution in [-0.4, -0.2) is 34.5 Å². The monoisotopic (exact) mass is 434 g/mol. The maximum absolute atomic E-state index is 11.7. The predicted octanol–water partition coefficient (Wildman–Crippen LogP) is 4.23. The second-order valence-corrected chi connectivity index (χ2v) is 7.77. The molecule has 2 aromatic carbocycles. The smallest absolute Gasteiger partial charge is 0.224 e. The second kappa shape index (κ2) is 11.9. The predicted molar refractivity (Wildman–Crippen MR) is 132 cm³/mol. The lowest BCUT2D eigenvalue weighted by Crippen LogP contribution is -2.38. The number of aliphatic imine (C=N–C) groups is 1. The molecule has 0 fully saturated rings. The SMILES string of the molecule is CCCC(=O)Nc1ccc(CN=C(NCC)NCCCn2c(C)nc3ccccc32)cc1. The molecule has 0 aliphatic carbocycles. The lowest BCUT2D eigenvalue weighted by atomic mass is 10.2. The highest BCUT2D eigenvalue weighted by Crippen LogP contribution is 2.15. The van der Waals surface area contributed by atoms with Crippen molar-refractivity contribution in [2.45, 2.75) is 53.1 Å². The standard InChI is InChI=1S/C25H34N6O/c1-4-9-24(32)30-21-14-12-20(13-15-21)18-28-25(26-5-2)27-16-8-17-31-19(3)29-22-10-6-7-11-23(22)31/h6-7,10-15H,4-5,8-9,16-18H2,1-3H3,(H,30,32)(H2,26,27,28). The lowest BCUT2D eigenvalue weighted by Gasteiger charge is -2.12. The maximum atomic E-state index is 11.7. The number of nitrogens with zero attached hydrogens (tertiary/aromatic N) is 3. The van der Waals surface area contributed by atoms with Crippen LogP contribution in [0.3, 0.4) is 0 Å². The topological polar surface area (TPSA) is 83.3 Å². The van der Waals surface area contributed by atoms with Crippen LogP contribution in [0.1, 0.15) is 44.5 Å². The first-order valence-corrected chi connectivity index (χ1v) is 11.4. The molecule has 0 aliphatic rings. The Kier molecular flexibility index (Phi) is 8.66. The van der Waals surface area contributed by atoms with Crippen LogP contribution in [-0.2, 0) is 17.9 Å². The highest BCUT2D eigenvalue weighted by atomic mass is 16.1. The molecule has 0 saturated carbocycles. The number of imidazole rings is 1. The molecule has 7 nitrogen and oxygen atoms in total. The third-order valence-corrected chi connectivity index (χ3v) is 5.18. The summed E-state index contributed by atoms with van der Waals surface area (Å²) in [5, 5.41) is 9.63. The van der Waals surface area contributed by atoms with E-state index in [1.165, 1.54) is 5.52 Å². The summed E-state index contributed by atoms with van der Waals surface area (Å²) in [7, 11) is 0. The Morgan fingerprint density at radius 2 is 1.84 bits per heavy atom. The van der Waals surface area contributed by atoms with Gasteiger partial charge in [-0.3, -0.25) is 4.79 Å². The van der Waals surface area contributed by atoms with Crippen molar-refractivity contribution in [3.8, 4) is 0 Å². The van der Waals surface area contributed by atoms with Gasteiger partial charge < -0.3 is 20.5 Å². The van der Waals surface area contributed by atoms with Crippen molar-refractivity contribution in [1.82, 2.24) is 20.2 Å². The molecule has 0 saturated heterocycles. The number of guanidine groups is 1. The fraction of sp³-hybridized carbons (Fsp3) is 0.400. The van der Waals surface area contributed by atoms with Gasteiger partial charge in [0.2, 0.25) is 5.91 Å². The molecule has 32 heavy (non-hydrogen) atoms. The number of nitrogens with one attached hydrogen (secondary N) is 3. The number of hydrogen-bond acceptors (Lipinski definition) is 3. The summed E-state index contributed by atoms with van der Waals surface area (Å²) in [5.41, 5.74) is 4.14. The summed E-state index contributed by atoms with van der Waals surface area (Å²) < 4.78 is 2.27. The van der Waals surface area contributed by atoms with Gasteiger partial charge in [0.25, 0.3) is 0 Å². The number of amides is 1. The summed E-state index contributed by atoms with van der Waals surface area (Å²) in [6.07, 6.45) is 2.36. The van der Waals surface area contributed by atoms with Crippen LogP contribution >= 0.6 is 0 Å². The molecule has 3 rings (SSSR count). The van der Waals surface area contributed by atoms with Gasteiger partial charge in [0, 0.05) is 31.7 Å². The first kappa shape index (κ1) is 23.3. The molecular weight excluding hydrogens is 400 g/mol. The number of aryl methyl sites for hydroxylation is 2. The minimum absolute atomic E-state index is 0.0517. The van der Waals surface area contributed by atoms with Gasteiger partial charge in [0.05, 0.1) is 17.6 Å². The van der Waals surface area contributed by atoms with Gasteiger partial charge in [0.1, 0.15) is 5.82 Å². The van der Waals surface area contributed by atoms with Gasteiger partial charge in [-0.1, -0.05) is 31.2 Å². The average Bonchev–Trinajstić information content (AvgIpc) is 3.11. The number of fused-ring (bicyclic) bond motifs is 1. The second-order valence-electron chi connectivity index (χ2n) is 7.77. The van der Waals surface area contributed by atoms with Crippen LogP contribution in [0.5, 0.6) is 0 Å². The summed E-state index contributed by atoms with van der Waals surface area (Å²) >= 11 is 0. The highest BCUT2D eigenvalue weighted by Gasteiger charge is 2.06. The Morgan fingerprint density at radius 3 is 2.59 bits per heavy atom. The van der Waals surface area contributed by atoms with Gasteiger partial charge in [-0.15, -0.1) is 0 Å². The number of benzene rings is 2. The number of para-hydroxylation sites is 2. The number of hydrogen-bond donors (Lipinski definition) is 3. The summed E-state index contributed by atoms with van der Waals surface area (Å²) in [6.45, 7) is 9.22. The van der Waals surface area contributed by atoms with Crippen molar-refractivity contribution >= 4 is 28.6 Å². The fourth-order valence-electron chi connectivity index (χ4n) is 3.58. The van der Waals surface area contributed by atoms with Crippen LogP contribution < -0.4 is 16.0 Å². The number of aromatic nitrogens is 2. The zero-order valence-corrected chi connectivity index (χ0v) is 19.3. The quantitative estimate of drug-likeness (QED) is 0.253. The van der Waals surface area contributed by atoms with Gasteiger partial charge in [-0.2, -0.15) is 0 Å². The zero-order valence-electron chi connectivity index (χ0n) is 19.3. The first-order valence-electron chi connectivity index (χ1n) is 11.4. The number of rotatable bonds is 10. The maximum Gasteiger partial charge on any atom is 0.224 e. The minimum Gasteiger partial charge on any atom is -0.357 e. The van der Waals surface area contributed by atoms with Gasteiger partial charge in [-0.05, 0) is 56.5 Å². The van der Waals surface area contributed by atoms with E-state index in [-0.39, 0.29) is 5.91 Å². The molecule has 0 spiro atoms. The van der Waals surface area contributed by atoms with Crippen molar-refractivity contribution in [2.75, 3.05) is 18.4 Å². The number of anilines is 1. The van der Waals surface area contributed by atoms with E-state index in [2.05, 4.69) is 57.5 Å². The van der Waals surface area contributed by atoms with Crippen LogP contribution in [0.25, 0.3) is 11.0 Å². The Hall–Kier alpha value is -3.35. The summed E-state index contributed by atoms with van der Waals surface area (Å²) in [5.74, 6) is 1.90. The molecule has 0 atom stereocenters. The van der Waals surface area contributed by atoms with E-state index in [0.29, 0.717) is 13.0 Å². The minimum atomic E-state index is 0.0517. The van der Waals surface area contributed by atoms with Crippen molar-refractivity contribution < 1.29 is 4.79 Å². The number of carbonyl (C=O) groups excluding carboxylic acids is 1. The van der Waals surface area contributed by atoms with Crippen LogP contribution in [0, 0.1) is 6.92 Å². The third-order valence-electron chi connectivity index (χ3n) is 5.18. The van der Waals surface area contributed by atoms with Gasteiger partial charge in [0.15, 0.2) is 5.96 Å².